The van der Waals surface area contributed by atoms with Crippen molar-refractivity contribution in [3.05, 3.63) is 63.4 Å². The van der Waals surface area contributed by atoms with Crippen LogP contribution in [0.4, 0.5) is 0 Å². The third-order valence-electron chi connectivity index (χ3n) is 5.16. The normalized spacial score (nSPS) is 24.7. The van der Waals surface area contributed by atoms with Crippen molar-refractivity contribution in [3.8, 4) is 0 Å². The third-order valence-corrected chi connectivity index (χ3v) is 6.23. The van der Waals surface area contributed by atoms with Crippen LogP contribution in [-0.4, -0.2) is 41.0 Å². The predicted octanol–water partition coefficient (Wildman–Crippen LogP) is 3.66. The molecule has 2 fully saturated rings. The number of ketones is 1. The van der Waals surface area contributed by atoms with Crippen molar-refractivity contribution in [1.82, 2.24) is 4.90 Å². The van der Waals surface area contributed by atoms with Gasteiger partial charge in [-0.1, -0.05) is 30.3 Å². The summed E-state index contributed by atoms with van der Waals surface area (Å²) in [6.45, 7) is 3.00. The molecule has 2 atom stereocenters. The standard InChI is InChI=1S/C21H21NO4S/c1-13-9-11-27-20(13)17-16(18(23)14-6-3-2-4-7-14)19(24)21(25)22(17)12-15-8-5-10-26-15/h2-4,6-7,9,11,15,17,23H,5,8,10,12H2,1H3/b18-16+. The van der Waals surface area contributed by atoms with E-state index in [0.717, 1.165) is 23.3 Å². The highest BCUT2D eigenvalue weighted by Crippen LogP contribution is 2.42. The Hall–Kier alpha value is -2.44. The number of nitrogens with zero attached hydrogens (tertiary/aromatic N) is 1. The van der Waals surface area contributed by atoms with Gasteiger partial charge in [-0.25, -0.2) is 0 Å². The second kappa shape index (κ2) is 7.29. The molecule has 1 aromatic heterocycles. The number of carbonyl (C=O) groups is 2. The van der Waals surface area contributed by atoms with Gasteiger partial charge in [-0.05, 0) is 36.8 Å². The fourth-order valence-corrected chi connectivity index (χ4v) is 4.81. The minimum Gasteiger partial charge on any atom is -0.507 e. The predicted molar refractivity (Wildman–Crippen MR) is 103 cm³/mol. The van der Waals surface area contributed by atoms with Gasteiger partial charge >= 0.3 is 0 Å². The molecule has 2 aromatic rings. The fourth-order valence-electron chi connectivity index (χ4n) is 3.76. The monoisotopic (exact) mass is 383 g/mol. The molecule has 1 amide bonds. The zero-order valence-electron chi connectivity index (χ0n) is 15.1. The van der Waals surface area contributed by atoms with Crippen molar-refractivity contribution < 1.29 is 19.4 Å². The first-order chi connectivity index (χ1) is 13.1. The van der Waals surface area contributed by atoms with E-state index in [-0.39, 0.29) is 17.4 Å². The van der Waals surface area contributed by atoms with Crippen molar-refractivity contribution in [2.45, 2.75) is 31.9 Å². The lowest BCUT2D eigenvalue weighted by molar-refractivity contribution is -0.140. The van der Waals surface area contributed by atoms with E-state index >= 15 is 0 Å². The minimum atomic E-state index is -0.632. The summed E-state index contributed by atoms with van der Waals surface area (Å²) < 4.78 is 5.69. The summed E-state index contributed by atoms with van der Waals surface area (Å²) in [6, 6.07) is 10.3. The van der Waals surface area contributed by atoms with Gasteiger partial charge in [0.2, 0.25) is 0 Å². The first kappa shape index (κ1) is 17.9. The second-order valence-corrected chi connectivity index (χ2v) is 7.87. The maximum Gasteiger partial charge on any atom is 0.295 e. The summed E-state index contributed by atoms with van der Waals surface area (Å²) in [6.07, 6.45) is 1.77. The average Bonchev–Trinajstić information content (AvgIpc) is 3.39. The van der Waals surface area contributed by atoms with Crippen LogP contribution in [0.15, 0.2) is 47.4 Å². The Morgan fingerprint density at radius 1 is 1.26 bits per heavy atom. The molecule has 1 aromatic carbocycles. The highest BCUT2D eigenvalue weighted by atomic mass is 32.1. The van der Waals surface area contributed by atoms with Crippen molar-refractivity contribution in [2.75, 3.05) is 13.2 Å². The number of amides is 1. The lowest BCUT2D eigenvalue weighted by Crippen LogP contribution is -2.36. The quantitative estimate of drug-likeness (QED) is 0.497. The number of benzene rings is 1. The first-order valence-corrected chi connectivity index (χ1v) is 9.95. The number of carbonyl (C=O) groups excluding carboxylic acids is 2. The molecule has 3 heterocycles. The lowest BCUT2D eigenvalue weighted by atomic mass is 9.98. The summed E-state index contributed by atoms with van der Waals surface area (Å²) in [5.41, 5.74) is 1.70. The molecule has 0 spiro atoms. The van der Waals surface area contributed by atoms with E-state index in [1.807, 2.05) is 24.4 Å². The highest BCUT2D eigenvalue weighted by molar-refractivity contribution is 7.10. The maximum atomic E-state index is 12.9. The van der Waals surface area contributed by atoms with Crippen LogP contribution < -0.4 is 0 Å². The Morgan fingerprint density at radius 2 is 2.04 bits per heavy atom. The molecule has 4 rings (SSSR count). The number of aliphatic hydroxyl groups is 1. The van der Waals surface area contributed by atoms with Gasteiger partial charge < -0.3 is 14.7 Å². The van der Waals surface area contributed by atoms with E-state index in [9.17, 15) is 14.7 Å². The molecule has 0 bridgehead atoms. The van der Waals surface area contributed by atoms with Gasteiger partial charge in [-0.15, -0.1) is 11.3 Å². The molecule has 1 N–H and O–H groups in total. The number of rotatable bonds is 4. The van der Waals surface area contributed by atoms with Gasteiger partial charge in [-0.2, -0.15) is 0 Å². The molecule has 0 saturated carbocycles. The van der Waals surface area contributed by atoms with Gasteiger partial charge in [-0.3, -0.25) is 9.59 Å². The van der Waals surface area contributed by atoms with Crippen LogP contribution in [0.3, 0.4) is 0 Å². The summed E-state index contributed by atoms with van der Waals surface area (Å²) >= 11 is 1.50. The lowest BCUT2D eigenvalue weighted by Gasteiger charge is -2.27. The van der Waals surface area contributed by atoms with E-state index in [0.29, 0.717) is 18.7 Å². The number of aryl methyl sites for hydroxylation is 1. The van der Waals surface area contributed by atoms with Gasteiger partial charge in [0, 0.05) is 23.6 Å². The van der Waals surface area contributed by atoms with Crippen LogP contribution in [0.5, 0.6) is 0 Å². The molecule has 6 heteroatoms. The number of aliphatic hydroxyl groups excluding tert-OH is 1. The van der Waals surface area contributed by atoms with E-state index in [1.54, 1.807) is 29.2 Å². The third kappa shape index (κ3) is 3.19. The van der Waals surface area contributed by atoms with E-state index < -0.39 is 17.7 Å². The van der Waals surface area contributed by atoms with Crippen molar-refractivity contribution in [3.63, 3.8) is 0 Å². The molecular formula is C21H21NO4S. The Kier molecular flexibility index (Phi) is 4.85. The van der Waals surface area contributed by atoms with Gasteiger partial charge in [0.15, 0.2) is 0 Å². The van der Waals surface area contributed by atoms with Crippen LogP contribution in [-0.2, 0) is 14.3 Å². The summed E-state index contributed by atoms with van der Waals surface area (Å²) in [5.74, 6) is -1.32. The van der Waals surface area contributed by atoms with Gasteiger partial charge in [0.25, 0.3) is 11.7 Å². The van der Waals surface area contributed by atoms with E-state index in [1.165, 1.54) is 11.3 Å². The number of Topliss-reactive ketones (excluding diaryl/α,β-unsaturated/α-hetero) is 1. The van der Waals surface area contributed by atoms with Crippen LogP contribution in [0.2, 0.25) is 0 Å². The van der Waals surface area contributed by atoms with Crippen molar-refractivity contribution in [2.24, 2.45) is 0 Å². The Bertz CT molecular complexity index is 896. The number of ether oxygens (including phenoxy) is 1. The smallest absolute Gasteiger partial charge is 0.295 e. The van der Waals surface area contributed by atoms with E-state index in [4.69, 9.17) is 4.74 Å². The van der Waals surface area contributed by atoms with Gasteiger partial charge in [0.1, 0.15) is 5.76 Å². The fraction of sp³-hybridized carbons (Fsp3) is 0.333. The van der Waals surface area contributed by atoms with Crippen LogP contribution in [0, 0.1) is 6.92 Å². The molecule has 2 aliphatic heterocycles. The van der Waals surface area contributed by atoms with Crippen LogP contribution in [0.25, 0.3) is 5.76 Å². The topological polar surface area (TPSA) is 66.8 Å². The SMILES string of the molecule is Cc1ccsc1C1/C(=C(\O)c2ccccc2)C(=O)C(=O)N1CC1CCCO1. The average molecular weight is 383 g/mol. The molecule has 2 unspecified atom stereocenters. The number of thiophene rings is 1. The number of hydrogen-bond donors (Lipinski definition) is 1. The largest absolute Gasteiger partial charge is 0.507 e. The van der Waals surface area contributed by atoms with Crippen LogP contribution >= 0.6 is 11.3 Å². The Morgan fingerprint density at radius 3 is 2.67 bits per heavy atom. The maximum absolute atomic E-state index is 12.9. The molecule has 2 aliphatic rings. The summed E-state index contributed by atoms with van der Waals surface area (Å²) in [4.78, 5) is 28.2. The molecule has 2 saturated heterocycles. The molecule has 140 valence electrons. The van der Waals surface area contributed by atoms with Crippen molar-refractivity contribution >= 4 is 28.8 Å². The van der Waals surface area contributed by atoms with Gasteiger partial charge in [0.05, 0.1) is 17.7 Å². The van der Waals surface area contributed by atoms with Crippen LogP contribution in [0.1, 0.15) is 34.9 Å². The summed E-state index contributed by atoms with van der Waals surface area (Å²) in [7, 11) is 0. The molecule has 27 heavy (non-hydrogen) atoms. The number of likely N-dealkylation sites (tertiary alicyclic amines) is 1. The van der Waals surface area contributed by atoms with E-state index in [2.05, 4.69) is 0 Å². The van der Waals surface area contributed by atoms with Crippen molar-refractivity contribution in [1.29, 1.82) is 0 Å². The summed E-state index contributed by atoms with van der Waals surface area (Å²) in [5, 5.41) is 12.8. The Balaban J connectivity index is 1.82. The minimum absolute atomic E-state index is 0.0669. The molecule has 0 radical (unpaired) electrons. The zero-order valence-corrected chi connectivity index (χ0v) is 15.9. The Labute approximate surface area is 161 Å². The molecular weight excluding hydrogens is 362 g/mol. The molecule has 5 nitrogen and oxygen atoms in total. The second-order valence-electron chi connectivity index (χ2n) is 6.92. The first-order valence-electron chi connectivity index (χ1n) is 9.07. The number of hydrogen-bond acceptors (Lipinski definition) is 5. The molecule has 0 aliphatic carbocycles. The zero-order chi connectivity index (χ0) is 19.0. The highest BCUT2D eigenvalue weighted by Gasteiger charge is 2.47.